The first kappa shape index (κ1) is 23.3. The predicted molar refractivity (Wildman–Crippen MR) is 127 cm³/mol. The van der Waals surface area contributed by atoms with Crippen molar-refractivity contribution in [3.05, 3.63) is 11.6 Å². The van der Waals surface area contributed by atoms with Crippen LogP contribution in [0.25, 0.3) is 0 Å². The summed E-state index contributed by atoms with van der Waals surface area (Å²) in [5.41, 5.74) is 1.93. The maximum Gasteiger partial charge on any atom is 0.207 e. The molecule has 0 radical (unpaired) electrons. The van der Waals surface area contributed by atoms with Crippen LogP contribution in [-0.2, 0) is 4.79 Å². The molecule has 4 aliphatic carbocycles. The predicted octanol–water partition coefficient (Wildman–Crippen LogP) is 6.11. The van der Waals surface area contributed by atoms with Gasteiger partial charge in [-0.15, -0.1) is 0 Å². The van der Waals surface area contributed by atoms with Crippen LogP contribution >= 0.6 is 0 Å². The summed E-state index contributed by atoms with van der Waals surface area (Å²) in [5.74, 6) is 4.74. The third-order valence-corrected chi connectivity index (χ3v) is 10.7. The third-order valence-electron chi connectivity index (χ3n) is 10.7. The van der Waals surface area contributed by atoms with E-state index in [1.165, 1.54) is 56.9 Å². The number of carbonyl (C=O) groups is 1. The van der Waals surface area contributed by atoms with Crippen LogP contribution in [0.4, 0.5) is 0 Å². The molecular formula is C28H47NO2. The summed E-state index contributed by atoms with van der Waals surface area (Å²) in [5, 5.41) is 13.6. The van der Waals surface area contributed by atoms with Gasteiger partial charge in [-0.1, -0.05) is 65.5 Å². The van der Waals surface area contributed by atoms with Gasteiger partial charge in [0, 0.05) is 11.5 Å². The van der Waals surface area contributed by atoms with Crippen molar-refractivity contribution < 1.29 is 9.90 Å². The topological polar surface area (TPSA) is 49.3 Å². The lowest BCUT2D eigenvalue weighted by molar-refractivity contribution is -0.113. The minimum absolute atomic E-state index is 0.0192. The molecule has 3 nitrogen and oxygen atoms in total. The smallest absolute Gasteiger partial charge is 0.207 e. The molecule has 1 amide bonds. The van der Waals surface area contributed by atoms with Crippen molar-refractivity contribution in [1.29, 1.82) is 0 Å². The van der Waals surface area contributed by atoms with Crippen molar-refractivity contribution in [3.63, 3.8) is 0 Å². The van der Waals surface area contributed by atoms with E-state index >= 15 is 0 Å². The van der Waals surface area contributed by atoms with Gasteiger partial charge in [0.1, 0.15) is 0 Å². The Morgan fingerprint density at radius 2 is 1.94 bits per heavy atom. The van der Waals surface area contributed by atoms with E-state index in [4.69, 9.17) is 0 Å². The summed E-state index contributed by atoms with van der Waals surface area (Å²) in [6.07, 6.45) is 15.3. The molecule has 176 valence electrons. The fraction of sp³-hybridized carbons (Fsp3) is 0.893. The number of rotatable bonds is 7. The van der Waals surface area contributed by atoms with E-state index < -0.39 is 0 Å². The Morgan fingerprint density at radius 3 is 2.65 bits per heavy atom. The first-order chi connectivity index (χ1) is 14.7. The van der Waals surface area contributed by atoms with Crippen molar-refractivity contribution in [2.45, 2.75) is 111 Å². The second kappa shape index (κ2) is 8.84. The molecular weight excluding hydrogens is 382 g/mol. The van der Waals surface area contributed by atoms with Crippen LogP contribution in [0.5, 0.6) is 0 Å². The first-order valence-corrected chi connectivity index (χ1v) is 13.3. The highest BCUT2D eigenvalue weighted by Crippen LogP contribution is 2.67. The normalized spacial score (nSPS) is 45.3. The number of carbonyl (C=O) groups excluding carboxylic acids is 1. The Labute approximate surface area is 190 Å². The molecule has 1 unspecified atom stereocenters. The van der Waals surface area contributed by atoms with Crippen molar-refractivity contribution in [2.75, 3.05) is 0 Å². The second-order valence-corrected chi connectivity index (χ2v) is 12.6. The fourth-order valence-corrected chi connectivity index (χ4v) is 9.08. The highest BCUT2D eigenvalue weighted by atomic mass is 16.3. The summed E-state index contributed by atoms with van der Waals surface area (Å²) in [7, 11) is 0. The Morgan fingerprint density at radius 1 is 1.16 bits per heavy atom. The third kappa shape index (κ3) is 3.91. The standard InChI is InChI=1S/C28H47NO2/c1-18(2)7-6-8-19(3)23-11-12-24-22-10-9-20-15-21(31)16-26(29-17-30)28(20,5)25(22)13-14-27(23,24)4/h9,17-19,21-26,31H,6-8,10-16H2,1-5H3,(H,29,30)/t19-,21-,22+,23-,24+,25+,26?,27-,28+/m1/s1. The zero-order valence-corrected chi connectivity index (χ0v) is 20.7. The number of fused-ring (bicyclic) bond motifs is 5. The van der Waals surface area contributed by atoms with Crippen molar-refractivity contribution >= 4 is 6.41 Å². The molecule has 0 spiro atoms. The second-order valence-electron chi connectivity index (χ2n) is 12.6. The molecule has 4 rings (SSSR count). The maximum atomic E-state index is 11.4. The summed E-state index contributed by atoms with van der Waals surface area (Å²) >= 11 is 0. The van der Waals surface area contributed by atoms with Crippen molar-refractivity contribution in [2.24, 2.45) is 46.3 Å². The van der Waals surface area contributed by atoms with Gasteiger partial charge in [0.25, 0.3) is 0 Å². The van der Waals surface area contributed by atoms with Gasteiger partial charge in [0.05, 0.1) is 6.10 Å². The minimum atomic E-state index is -0.315. The van der Waals surface area contributed by atoms with E-state index in [1.54, 1.807) is 0 Å². The van der Waals surface area contributed by atoms with Crippen LogP contribution in [0, 0.1) is 46.3 Å². The van der Waals surface area contributed by atoms with Crippen LogP contribution in [0.15, 0.2) is 11.6 Å². The van der Waals surface area contributed by atoms with E-state index in [1.807, 2.05) is 0 Å². The zero-order chi connectivity index (χ0) is 22.4. The van der Waals surface area contributed by atoms with Gasteiger partial charge >= 0.3 is 0 Å². The molecule has 0 aromatic heterocycles. The number of amides is 1. The molecule has 0 aromatic rings. The SMILES string of the molecule is CC(C)CCC[C@@H](C)[C@H]1CC[C@H]2[C@@H]3CC=C4C[C@@H](O)CC(NC=O)[C@]4(C)[C@H]3CC[C@]12C. The van der Waals surface area contributed by atoms with E-state index in [-0.39, 0.29) is 17.6 Å². The van der Waals surface area contributed by atoms with Crippen molar-refractivity contribution in [3.8, 4) is 0 Å². The van der Waals surface area contributed by atoms with E-state index in [0.717, 1.165) is 42.4 Å². The molecule has 0 heterocycles. The molecule has 0 aromatic carbocycles. The van der Waals surface area contributed by atoms with Gasteiger partial charge in [-0.25, -0.2) is 0 Å². The first-order valence-electron chi connectivity index (χ1n) is 13.3. The van der Waals surface area contributed by atoms with Crippen LogP contribution < -0.4 is 5.32 Å². The molecule has 31 heavy (non-hydrogen) atoms. The van der Waals surface area contributed by atoms with Gasteiger partial charge < -0.3 is 10.4 Å². The minimum Gasteiger partial charge on any atom is -0.393 e. The monoisotopic (exact) mass is 429 g/mol. The zero-order valence-electron chi connectivity index (χ0n) is 20.7. The van der Waals surface area contributed by atoms with Gasteiger partial charge in [-0.2, -0.15) is 0 Å². The molecule has 9 atom stereocenters. The Balaban J connectivity index is 1.54. The Bertz CT molecular complexity index is 686. The molecule has 0 bridgehead atoms. The van der Waals surface area contributed by atoms with Gasteiger partial charge in [-0.05, 0) is 85.9 Å². The van der Waals surface area contributed by atoms with Crippen LogP contribution in [-0.4, -0.2) is 23.7 Å². The number of allylic oxidation sites excluding steroid dienone is 1. The lowest BCUT2D eigenvalue weighted by Gasteiger charge is -2.60. The Kier molecular flexibility index (Phi) is 6.65. The van der Waals surface area contributed by atoms with Gasteiger partial charge in [0.2, 0.25) is 6.41 Å². The molecule has 0 saturated heterocycles. The molecule has 3 heteroatoms. The molecule has 3 saturated carbocycles. The maximum absolute atomic E-state index is 11.4. The average Bonchev–Trinajstić information content (AvgIpc) is 3.06. The van der Waals surface area contributed by atoms with E-state index in [9.17, 15) is 9.90 Å². The summed E-state index contributed by atoms with van der Waals surface area (Å²) in [6, 6.07) is 0.0734. The molecule has 2 N–H and O–H groups in total. The number of nitrogens with one attached hydrogen (secondary N) is 1. The van der Waals surface area contributed by atoms with Crippen molar-refractivity contribution in [1.82, 2.24) is 5.32 Å². The quantitative estimate of drug-likeness (QED) is 0.379. The average molecular weight is 430 g/mol. The van der Waals surface area contributed by atoms with Crippen LogP contribution in [0.2, 0.25) is 0 Å². The van der Waals surface area contributed by atoms with Crippen LogP contribution in [0.3, 0.4) is 0 Å². The van der Waals surface area contributed by atoms with E-state index in [2.05, 4.69) is 46.0 Å². The van der Waals surface area contributed by atoms with Gasteiger partial charge in [-0.3, -0.25) is 4.79 Å². The number of aliphatic hydroxyl groups excluding tert-OH is 1. The lowest BCUT2D eigenvalue weighted by atomic mass is 9.46. The van der Waals surface area contributed by atoms with E-state index in [0.29, 0.717) is 17.8 Å². The fourth-order valence-electron chi connectivity index (χ4n) is 9.08. The molecule has 3 fully saturated rings. The highest BCUT2D eigenvalue weighted by molar-refractivity contribution is 5.48. The van der Waals surface area contributed by atoms with Crippen LogP contribution in [0.1, 0.15) is 98.8 Å². The number of aliphatic hydroxyl groups is 1. The summed E-state index contributed by atoms with van der Waals surface area (Å²) < 4.78 is 0. The lowest BCUT2D eigenvalue weighted by Crippen LogP contribution is -2.59. The molecule has 0 aliphatic heterocycles. The highest BCUT2D eigenvalue weighted by Gasteiger charge is 2.61. The Hall–Kier alpha value is -0.830. The molecule has 4 aliphatic rings. The number of hydrogen-bond donors (Lipinski definition) is 2. The largest absolute Gasteiger partial charge is 0.393 e. The van der Waals surface area contributed by atoms with Gasteiger partial charge in [0.15, 0.2) is 0 Å². The summed E-state index contributed by atoms with van der Waals surface area (Å²) in [4.78, 5) is 11.4. The number of hydrogen-bond acceptors (Lipinski definition) is 2. The summed E-state index contributed by atoms with van der Waals surface area (Å²) in [6.45, 7) is 12.3.